The molecule has 0 aliphatic heterocycles. The van der Waals surface area contributed by atoms with Gasteiger partial charge >= 0.3 is 0 Å². The summed E-state index contributed by atoms with van der Waals surface area (Å²) in [6, 6.07) is 15.0. The molecule has 1 aromatic carbocycles. The normalized spacial score (nSPS) is 18.4. The van der Waals surface area contributed by atoms with Crippen LogP contribution in [0.1, 0.15) is 56.7 Å². The Bertz CT molecular complexity index is 1230. The van der Waals surface area contributed by atoms with Crippen LogP contribution in [0.2, 0.25) is 0 Å². The summed E-state index contributed by atoms with van der Waals surface area (Å²) in [7, 11) is 0. The summed E-state index contributed by atoms with van der Waals surface area (Å²) in [5.41, 5.74) is 12.0. The van der Waals surface area contributed by atoms with Crippen LogP contribution in [-0.2, 0) is 6.54 Å². The maximum atomic E-state index is 6.08. The number of benzene rings is 1. The number of pyridine rings is 1. The van der Waals surface area contributed by atoms with Gasteiger partial charge in [-0.15, -0.1) is 0 Å². The van der Waals surface area contributed by atoms with Gasteiger partial charge in [0.05, 0.1) is 11.4 Å². The number of anilines is 2. The number of aromatic amines is 1. The molecule has 0 radical (unpaired) electrons. The molecule has 8 heteroatoms. The van der Waals surface area contributed by atoms with E-state index in [-0.39, 0.29) is 5.92 Å². The molecule has 8 nitrogen and oxygen atoms in total. The summed E-state index contributed by atoms with van der Waals surface area (Å²) in [5.74, 6) is 1.66. The zero-order chi connectivity index (χ0) is 23.5. The molecule has 0 saturated heterocycles. The number of rotatable bonds is 7. The van der Waals surface area contributed by atoms with E-state index >= 15 is 0 Å². The Morgan fingerprint density at radius 2 is 1.79 bits per heavy atom. The minimum absolute atomic E-state index is 0.285. The third kappa shape index (κ3) is 4.87. The largest absolute Gasteiger partial charge is 0.364 e. The van der Waals surface area contributed by atoms with Crippen molar-refractivity contribution in [2.24, 2.45) is 5.73 Å². The van der Waals surface area contributed by atoms with E-state index in [0.29, 0.717) is 24.6 Å². The molecule has 3 aromatic heterocycles. The molecule has 0 unspecified atom stereocenters. The van der Waals surface area contributed by atoms with Gasteiger partial charge in [0.25, 0.3) is 0 Å². The lowest BCUT2D eigenvalue weighted by molar-refractivity contribution is 0.410. The van der Waals surface area contributed by atoms with Crippen molar-refractivity contribution in [3.63, 3.8) is 0 Å². The van der Waals surface area contributed by atoms with Crippen LogP contribution >= 0.6 is 0 Å². The second-order valence-corrected chi connectivity index (χ2v) is 9.41. The van der Waals surface area contributed by atoms with Crippen LogP contribution in [0.15, 0.2) is 48.7 Å². The highest BCUT2D eigenvalue weighted by Crippen LogP contribution is 2.28. The van der Waals surface area contributed by atoms with Gasteiger partial charge in [0.2, 0.25) is 5.95 Å². The van der Waals surface area contributed by atoms with Gasteiger partial charge in [-0.2, -0.15) is 10.1 Å². The smallest absolute Gasteiger partial charge is 0.225 e. The van der Waals surface area contributed by atoms with Gasteiger partial charge in [-0.05, 0) is 49.3 Å². The Morgan fingerprint density at radius 3 is 2.50 bits per heavy atom. The number of nitrogens with one attached hydrogen (secondary N) is 3. The van der Waals surface area contributed by atoms with Crippen molar-refractivity contribution in [3.05, 3.63) is 59.9 Å². The summed E-state index contributed by atoms with van der Waals surface area (Å²) in [5, 5.41) is 14.7. The number of hydrogen-bond acceptors (Lipinski definition) is 7. The van der Waals surface area contributed by atoms with Crippen LogP contribution in [0, 0.1) is 0 Å². The van der Waals surface area contributed by atoms with E-state index in [4.69, 9.17) is 15.7 Å². The molecular formula is C26H32N8. The van der Waals surface area contributed by atoms with Crippen LogP contribution in [-0.4, -0.2) is 37.2 Å². The van der Waals surface area contributed by atoms with Crippen molar-refractivity contribution in [2.75, 3.05) is 10.6 Å². The minimum atomic E-state index is 0.285. The Morgan fingerprint density at radius 1 is 1.00 bits per heavy atom. The molecule has 0 bridgehead atoms. The number of nitrogens with two attached hydrogens (primary N) is 1. The first-order chi connectivity index (χ1) is 16.6. The molecule has 176 valence electrons. The standard InChI is InChI=1S/C26H32N8/c1-16(2)22-23-24(34-33-22)25(32-26(31-23)30-20-12-10-19(27)11-13-20)29-15-17-6-8-18(9-7-17)21-5-3-4-14-28-21/h3-9,14,16,19-20H,10-13,15,27H2,1-2H3,(H,33,34)(H2,29,30,31,32). The lowest BCUT2D eigenvalue weighted by atomic mass is 9.92. The lowest BCUT2D eigenvalue weighted by Crippen LogP contribution is -2.33. The molecule has 5 N–H and O–H groups in total. The van der Waals surface area contributed by atoms with E-state index in [2.05, 4.69) is 63.9 Å². The highest BCUT2D eigenvalue weighted by molar-refractivity contribution is 5.88. The van der Waals surface area contributed by atoms with Crippen molar-refractivity contribution >= 4 is 22.8 Å². The van der Waals surface area contributed by atoms with E-state index in [9.17, 15) is 0 Å². The summed E-state index contributed by atoms with van der Waals surface area (Å²) < 4.78 is 0. The zero-order valence-corrected chi connectivity index (χ0v) is 19.8. The molecule has 1 fully saturated rings. The van der Waals surface area contributed by atoms with Crippen molar-refractivity contribution in [1.82, 2.24) is 25.1 Å². The fraction of sp³-hybridized carbons (Fsp3) is 0.385. The predicted octanol–water partition coefficient (Wildman–Crippen LogP) is 4.83. The number of H-pyrrole nitrogens is 1. The van der Waals surface area contributed by atoms with Crippen LogP contribution in [0.25, 0.3) is 22.3 Å². The van der Waals surface area contributed by atoms with E-state index in [1.807, 2.05) is 24.4 Å². The van der Waals surface area contributed by atoms with E-state index in [1.54, 1.807) is 0 Å². The first kappa shape index (κ1) is 22.3. The van der Waals surface area contributed by atoms with Crippen LogP contribution < -0.4 is 16.4 Å². The Hall–Kier alpha value is -3.52. The zero-order valence-electron chi connectivity index (χ0n) is 19.8. The van der Waals surface area contributed by atoms with Gasteiger partial charge in [0.1, 0.15) is 5.52 Å². The summed E-state index contributed by atoms with van der Waals surface area (Å²) >= 11 is 0. The number of fused-ring (bicyclic) bond motifs is 1. The topological polar surface area (TPSA) is 117 Å². The van der Waals surface area contributed by atoms with E-state index < -0.39 is 0 Å². The van der Waals surface area contributed by atoms with Crippen molar-refractivity contribution in [2.45, 2.75) is 64.1 Å². The monoisotopic (exact) mass is 456 g/mol. The van der Waals surface area contributed by atoms with Gasteiger partial charge in [-0.25, -0.2) is 4.98 Å². The average Bonchev–Trinajstić information content (AvgIpc) is 3.29. The molecule has 3 heterocycles. The highest BCUT2D eigenvalue weighted by atomic mass is 15.2. The van der Waals surface area contributed by atoms with E-state index in [1.165, 1.54) is 0 Å². The maximum absolute atomic E-state index is 6.08. The van der Waals surface area contributed by atoms with Gasteiger partial charge in [0, 0.05) is 30.4 Å². The first-order valence-corrected chi connectivity index (χ1v) is 12.1. The lowest BCUT2D eigenvalue weighted by Gasteiger charge is -2.26. The van der Waals surface area contributed by atoms with Crippen molar-refractivity contribution in [1.29, 1.82) is 0 Å². The third-order valence-electron chi connectivity index (χ3n) is 6.48. The van der Waals surface area contributed by atoms with Crippen molar-refractivity contribution < 1.29 is 0 Å². The fourth-order valence-corrected chi connectivity index (χ4v) is 4.47. The SMILES string of the molecule is CC(C)c1[nH]nc2c(NCc3ccc(-c4ccccn4)cc3)nc(NC3CCC(N)CC3)nc12. The van der Waals surface area contributed by atoms with Gasteiger partial charge in [-0.1, -0.05) is 44.2 Å². The van der Waals surface area contributed by atoms with Crippen LogP contribution in [0.3, 0.4) is 0 Å². The maximum Gasteiger partial charge on any atom is 0.225 e. The summed E-state index contributed by atoms with van der Waals surface area (Å²) in [6.45, 7) is 4.91. The fourth-order valence-electron chi connectivity index (χ4n) is 4.47. The quantitative estimate of drug-likeness (QED) is 0.314. The molecule has 34 heavy (non-hydrogen) atoms. The second-order valence-electron chi connectivity index (χ2n) is 9.41. The average molecular weight is 457 g/mol. The molecule has 1 aliphatic rings. The van der Waals surface area contributed by atoms with Crippen LogP contribution in [0.5, 0.6) is 0 Å². The molecule has 1 saturated carbocycles. The van der Waals surface area contributed by atoms with Gasteiger partial charge in [0.15, 0.2) is 11.3 Å². The highest BCUT2D eigenvalue weighted by Gasteiger charge is 2.21. The van der Waals surface area contributed by atoms with E-state index in [0.717, 1.165) is 65.0 Å². The molecular weight excluding hydrogens is 424 g/mol. The number of aromatic nitrogens is 5. The molecule has 0 amide bonds. The Kier molecular flexibility index (Phi) is 6.40. The first-order valence-electron chi connectivity index (χ1n) is 12.1. The number of hydrogen-bond donors (Lipinski definition) is 4. The van der Waals surface area contributed by atoms with Gasteiger partial charge < -0.3 is 16.4 Å². The molecule has 5 rings (SSSR count). The minimum Gasteiger partial charge on any atom is -0.364 e. The third-order valence-corrected chi connectivity index (χ3v) is 6.48. The van der Waals surface area contributed by atoms with Crippen molar-refractivity contribution in [3.8, 4) is 11.3 Å². The Labute approximate surface area is 199 Å². The van der Waals surface area contributed by atoms with Crippen LogP contribution in [0.4, 0.5) is 11.8 Å². The predicted molar refractivity (Wildman–Crippen MR) is 137 cm³/mol. The molecule has 4 aromatic rings. The number of nitrogens with zero attached hydrogens (tertiary/aromatic N) is 4. The van der Waals surface area contributed by atoms with Gasteiger partial charge in [-0.3, -0.25) is 10.1 Å². The molecule has 0 spiro atoms. The molecule has 0 atom stereocenters. The summed E-state index contributed by atoms with van der Waals surface area (Å²) in [4.78, 5) is 14.1. The Balaban J connectivity index is 1.37. The summed E-state index contributed by atoms with van der Waals surface area (Å²) in [6.07, 6.45) is 5.95. The second kappa shape index (κ2) is 9.77. The molecule has 1 aliphatic carbocycles.